The number of hydrogen-bond acceptors (Lipinski definition) is 5. The van der Waals surface area contributed by atoms with E-state index in [1.807, 2.05) is 13.1 Å². The van der Waals surface area contributed by atoms with Crippen molar-refractivity contribution >= 4 is 5.78 Å². The zero-order valence-corrected chi connectivity index (χ0v) is 11.3. The van der Waals surface area contributed by atoms with E-state index in [-0.39, 0.29) is 23.1 Å². The number of carbonyl (C=O) groups excluding carboxylic acids is 1. The summed E-state index contributed by atoms with van der Waals surface area (Å²) in [6.07, 6.45) is 3.08. The Hall–Kier alpha value is -1.85. The van der Waals surface area contributed by atoms with E-state index < -0.39 is 17.1 Å². The molecule has 6 rings (SSSR count). The first kappa shape index (κ1) is 10.8. The van der Waals surface area contributed by atoms with Gasteiger partial charge >= 0.3 is 0 Å². The number of ether oxygens (including phenoxy) is 1. The van der Waals surface area contributed by atoms with E-state index in [1.54, 1.807) is 12.1 Å². The number of phenols is 1. The summed E-state index contributed by atoms with van der Waals surface area (Å²) in [5.74, 6) is 0.322. The molecule has 3 aliphatic carbocycles. The Bertz CT molecular complexity index is 817. The number of piperidine rings is 1. The van der Waals surface area contributed by atoms with Crippen molar-refractivity contribution in [3.05, 3.63) is 35.4 Å². The molecular weight excluding hydrogens is 270 g/mol. The van der Waals surface area contributed by atoms with E-state index in [1.165, 1.54) is 6.08 Å². The van der Waals surface area contributed by atoms with Crippen LogP contribution in [0.15, 0.2) is 24.3 Å². The SMILES string of the molecule is C[N@]1C2[C@@]13C[C@]14c5c3ccc(O)c5O[C@H]1C(=O)C=C[C@@]24O. The number of fused-ring (bicyclic) bond motifs is 1. The quantitative estimate of drug-likeness (QED) is 0.665. The highest BCUT2D eigenvalue weighted by Gasteiger charge is 2.90. The number of rotatable bonds is 0. The van der Waals surface area contributed by atoms with Crippen LogP contribution in [0.2, 0.25) is 0 Å². The van der Waals surface area contributed by atoms with Crippen LogP contribution in [-0.2, 0) is 15.7 Å². The summed E-state index contributed by atoms with van der Waals surface area (Å²) >= 11 is 0. The summed E-state index contributed by atoms with van der Waals surface area (Å²) in [4.78, 5) is 14.5. The summed E-state index contributed by atoms with van der Waals surface area (Å²) in [5.41, 5.74) is -0.0543. The minimum atomic E-state index is -1.09. The topological polar surface area (TPSA) is 69.8 Å². The lowest BCUT2D eigenvalue weighted by Gasteiger charge is -2.44. The second-order valence-corrected chi connectivity index (χ2v) is 6.98. The highest BCUT2D eigenvalue weighted by Crippen LogP contribution is 2.80. The molecule has 0 radical (unpaired) electrons. The van der Waals surface area contributed by atoms with Crippen molar-refractivity contribution in [2.24, 2.45) is 0 Å². The summed E-state index contributed by atoms with van der Waals surface area (Å²) < 4.78 is 5.82. The predicted octanol–water partition coefficient (Wildman–Crippen LogP) is 0.188. The molecule has 1 aromatic carbocycles. The molecule has 21 heavy (non-hydrogen) atoms. The van der Waals surface area contributed by atoms with Gasteiger partial charge in [0.25, 0.3) is 0 Å². The van der Waals surface area contributed by atoms with Crippen molar-refractivity contribution in [2.45, 2.75) is 35.1 Å². The summed E-state index contributed by atoms with van der Waals surface area (Å²) in [7, 11) is 2.01. The molecule has 2 bridgehead atoms. The number of carbonyl (C=O) groups is 1. The lowest BCUT2D eigenvalue weighted by atomic mass is 9.62. The number of benzene rings is 1. The molecular formula is C16H13NO4. The van der Waals surface area contributed by atoms with Crippen molar-refractivity contribution in [3.63, 3.8) is 0 Å². The van der Waals surface area contributed by atoms with Gasteiger partial charge in [0.05, 0.1) is 17.0 Å². The molecule has 6 atom stereocenters. The molecule has 5 heteroatoms. The first-order valence-electron chi connectivity index (χ1n) is 7.20. The van der Waals surface area contributed by atoms with Crippen LogP contribution in [0.1, 0.15) is 17.5 Å². The molecule has 2 fully saturated rings. The van der Waals surface area contributed by atoms with Gasteiger partial charge in [-0.25, -0.2) is 0 Å². The molecule has 106 valence electrons. The van der Waals surface area contributed by atoms with E-state index >= 15 is 0 Å². The third-order valence-electron chi connectivity index (χ3n) is 6.57. The van der Waals surface area contributed by atoms with Crippen molar-refractivity contribution in [2.75, 3.05) is 7.05 Å². The maximum atomic E-state index is 12.3. The minimum Gasteiger partial charge on any atom is -0.504 e. The van der Waals surface area contributed by atoms with Gasteiger partial charge in [0.2, 0.25) is 0 Å². The highest BCUT2D eigenvalue weighted by atomic mass is 16.5. The number of aromatic hydroxyl groups is 1. The Morgan fingerprint density at radius 1 is 1.43 bits per heavy atom. The molecule has 5 nitrogen and oxygen atoms in total. The first-order chi connectivity index (χ1) is 9.98. The zero-order valence-electron chi connectivity index (χ0n) is 11.3. The van der Waals surface area contributed by atoms with Crippen molar-refractivity contribution in [3.8, 4) is 11.5 Å². The number of ketones is 1. The van der Waals surface area contributed by atoms with Crippen LogP contribution in [0.5, 0.6) is 11.5 Å². The third-order valence-corrected chi connectivity index (χ3v) is 6.57. The van der Waals surface area contributed by atoms with E-state index in [9.17, 15) is 15.0 Å². The van der Waals surface area contributed by atoms with Crippen LogP contribution >= 0.6 is 0 Å². The molecule has 1 aromatic rings. The van der Waals surface area contributed by atoms with E-state index in [4.69, 9.17) is 4.74 Å². The highest BCUT2D eigenvalue weighted by molar-refractivity contribution is 6.00. The zero-order chi connectivity index (χ0) is 14.4. The second kappa shape index (κ2) is 2.51. The molecule has 0 amide bonds. The van der Waals surface area contributed by atoms with Crippen LogP contribution in [0, 0.1) is 0 Å². The van der Waals surface area contributed by atoms with Gasteiger partial charge in [-0.3, -0.25) is 9.69 Å². The van der Waals surface area contributed by atoms with Gasteiger partial charge in [-0.15, -0.1) is 0 Å². The molecule has 2 spiro atoms. The predicted molar refractivity (Wildman–Crippen MR) is 71.1 cm³/mol. The fraction of sp³-hybridized carbons (Fsp3) is 0.438. The lowest BCUT2D eigenvalue weighted by molar-refractivity contribution is -0.130. The number of aliphatic hydroxyl groups is 1. The fourth-order valence-electron chi connectivity index (χ4n) is 5.87. The largest absolute Gasteiger partial charge is 0.504 e. The van der Waals surface area contributed by atoms with Crippen LogP contribution < -0.4 is 4.74 Å². The summed E-state index contributed by atoms with van der Waals surface area (Å²) in [5, 5.41) is 21.5. The molecule has 1 saturated heterocycles. The van der Waals surface area contributed by atoms with Crippen LogP contribution in [0.4, 0.5) is 0 Å². The average Bonchev–Trinajstić information content (AvgIpc) is 2.76. The Balaban J connectivity index is 1.82. The molecule has 2 N–H and O–H groups in total. The molecule has 1 saturated carbocycles. The average molecular weight is 283 g/mol. The first-order valence-corrected chi connectivity index (χ1v) is 7.20. The molecule has 1 unspecified atom stereocenters. The molecule has 2 aliphatic heterocycles. The Labute approximate surface area is 120 Å². The van der Waals surface area contributed by atoms with Crippen molar-refractivity contribution in [1.82, 2.24) is 4.90 Å². The van der Waals surface area contributed by atoms with E-state index in [0.29, 0.717) is 12.2 Å². The van der Waals surface area contributed by atoms with Gasteiger partial charge in [0.15, 0.2) is 23.4 Å². The number of phenolic OH excluding ortho intramolecular Hbond substituents is 1. The van der Waals surface area contributed by atoms with Gasteiger partial charge in [-0.2, -0.15) is 0 Å². The monoisotopic (exact) mass is 283 g/mol. The fourth-order valence-corrected chi connectivity index (χ4v) is 5.87. The van der Waals surface area contributed by atoms with Gasteiger partial charge in [-0.1, -0.05) is 6.07 Å². The van der Waals surface area contributed by atoms with Crippen molar-refractivity contribution < 1.29 is 19.7 Å². The summed E-state index contributed by atoms with van der Waals surface area (Å²) in [6, 6.07) is 3.55. The normalized spacial score (nSPS) is 52.7. The smallest absolute Gasteiger partial charge is 0.196 e. The minimum absolute atomic E-state index is 0.0107. The molecule has 2 heterocycles. The van der Waals surface area contributed by atoms with Gasteiger partial charge in [0, 0.05) is 5.56 Å². The third kappa shape index (κ3) is 0.701. The number of hydrogen-bond donors (Lipinski definition) is 2. The Morgan fingerprint density at radius 2 is 2.24 bits per heavy atom. The molecule has 5 aliphatic rings. The number of likely N-dealkylation sites (N-methyl/N-ethyl adjacent to an activating group) is 1. The second-order valence-electron chi connectivity index (χ2n) is 6.98. The maximum Gasteiger partial charge on any atom is 0.196 e. The maximum absolute atomic E-state index is 12.3. The van der Waals surface area contributed by atoms with Crippen LogP contribution in [0.25, 0.3) is 0 Å². The van der Waals surface area contributed by atoms with Gasteiger partial charge in [0.1, 0.15) is 5.60 Å². The standard InChI is InChI=1S/C16H13NO4/c1-17-13-15(17)6-14-10-7(15)2-3-8(18)11(10)21-12(14)9(19)4-5-16(13,14)20/h2-5,12-13,18,20H,6H2,1H3/t12-,13?,14-,15-,16+,17+/m0/s1. The van der Waals surface area contributed by atoms with E-state index in [0.717, 1.165) is 11.1 Å². The van der Waals surface area contributed by atoms with Gasteiger partial charge < -0.3 is 14.9 Å². The Morgan fingerprint density at radius 3 is 3.05 bits per heavy atom. The van der Waals surface area contributed by atoms with Crippen LogP contribution in [-0.4, -0.2) is 45.7 Å². The number of likely N-dealkylation sites (tertiary alicyclic amines) is 1. The lowest BCUT2D eigenvalue weighted by Crippen LogP contribution is -2.61. The van der Waals surface area contributed by atoms with Crippen LogP contribution in [0.3, 0.4) is 0 Å². The molecule has 0 aromatic heterocycles. The van der Waals surface area contributed by atoms with Gasteiger partial charge in [-0.05, 0) is 37.3 Å². The Kier molecular flexibility index (Phi) is 1.29. The van der Waals surface area contributed by atoms with E-state index in [2.05, 4.69) is 4.90 Å². The summed E-state index contributed by atoms with van der Waals surface area (Å²) in [6.45, 7) is 0. The van der Waals surface area contributed by atoms with Crippen molar-refractivity contribution in [1.29, 1.82) is 0 Å². The number of nitrogens with zero attached hydrogens (tertiary/aromatic N) is 1.